The van der Waals surface area contributed by atoms with Crippen LogP contribution in [0.5, 0.6) is 0 Å². The lowest BCUT2D eigenvalue weighted by atomic mass is 10.1. The Labute approximate surface area is 119 Å². The van der Waals surface area contributed by atoms with Crippen molar-refractivity contribution in [2.24, 2.45) is 0 Å². The van der Waals surface area contributed by atoms with E-state index >= 15 is 0 Å². The topological polar surface area (TPSA) is 44.7 Å². The second-order valence-corrected chi connectivity index (χ2v) is 5.43. The van der Waals surface area contributed by atoms with Gasteiger partial charge in [-0.3, -0.25) is 0 Å². The van der Waals surface area contributed by atoms with Crippen LogP contribution in [-0.2, 0) is 11.3 Å². The molecule has 0 bridgehead atoms. The maximum atomic E-state index is 14.1. The van der Waals surface area contributed by atoms with Crippen LogP contribution < -0.4 is 10.2 Å². The van der Waals surface area contributed by atoms with Gasteiger partial charge in [0.15, 0.2) is 0 Å². The number of methoxy groups -OCH3 is 1. The molecule has 0 radical (unpaired) electrons. The van der Waals surface area contributed by atoms with Crippen LogP contribution in [0.25, 0.3) is 0 Å². The quantitative estimate of drug-likeness (QED) is 0.759. The SMILES string of the molecule is COCC(O)CN(C)c1ccc(CNC2CC2)cc1F. The lowest BCUT2D eigenvalue weighted by Crippen LogP contribution is -2.32. The highest BCUT2D eigenvalue weighted by Crippen LogP contribution is 2.22. The second-order valence-electron chi connectivity index (χ2n) is 5.43. The van der Waals surface area contributed by atoms with E-state index in [1.165, 1.54) is 20.0 Å². The highest BCUT2D eigenvalue weighted by molar-refractivity contribution is 5.48. The van der Waals surface area contributed by atoms with E-state index in [-0.39, 0.29) is 12.4 Å². The third-order valence-corrected chi connectivity index (χ3v) is 3.44. The summed E-state index contributed by atoms with van der Waals surface area (Å²) in [5.74, 6) is -0.257. The van der Waals surface area contributed by atoms with Gasteiger partial charge in [-0.05, 0) is 30.5 Å². The Hall–Kier alpha value is -1.17. The van der Waals surface area contributed by atoms with Crippen LogP contribution >= 0.6 is 0 Å². The first-order chi connectivity index (χ1) is 9.60. The van der Waals surface area contributed by atoms with E-state index in [4.69, 9.17) is 4.74 Å². The number of aliphatic hydroxyl groups is 1. The van der Waals surface area contributed by atoms with Crippen molar-refractivity contribution in [2.45, 2.75) is 31.5 Å². The van der Waals surface area contributed by atoms with Gasteiger partial charge in [-0.1, -0.05) is 6.07 Å². The number of likely N-dealkylation sites (N-methyl/N-ethyl adjacent to an activating group) is 1. The molecule has 1 saturated carbocycles. The van der Waals surface area contributed by atoms with Crippen LogP contribution in [0.3, 0.4) is 0 Å². The van der Waals surface area contributed by atoms with Gasteiger partial charge in [0.25, 0.3) is 0 Å². The van der Waals surface area contributed by atoms with Crippen molar-refractivity contribution in [3.63, 3.8) is 0 Å². The molecule has 1 atom stereocenters. The third-order valence-electron chi connectivity index (χ3n) is 3.44. The summed E-state index contributed by atoms with van der Waals surface area (Å²) in [5, 5.41) is 13.0. The first kappa shape index (κ1) is 15.2. The number of halogens is 1. The maximum absolute atomic E-state index is 14.1. The number of ether oxygens (including phenoxy) is 1. The Bertz CT molecular complexity index is 438. The molecule has 0 saturated heterocycles. The minimum atomic E-state index is -0.624. The number of aliphatic hydroxyl groups excluding tert-OH is 1. The van der Waals surface area contributed by atoms with Gasteiger partial charge in [0.2, 0.25) is 0 Å². The highest BCUT2D eigenvalue weighted by Gasteiger charge is 2.20. The molecule has 1 aliphatic rings. The Morgan fingerprint density at radius 2 is 2.25 bits per heavy atom. The summed E-state index contributed by atoms with van der Waals surface area (Å²) < 4.78 is 19.0. The molecule has 2 rings (SSSR count). The predicted octanol–water partition coefficient (Wildman–Crippen LogP) is 1.52. The summed E-state index contributed by atoms with van der Waals surface area (Å²) in [7, 11) is 3.30. The van der Waals surface area contributed by atoms with E-state index in [0.29, 0.717) is 24.8 Å². The largest absolute Gasteiger partial charge is 0.389 e. The van der Waals surface area contributed by atoms with Crippen molar-refractivity contribution >= 4 is 5.69 Å². The highest BCUT2D eigenvalue weighted by atomic mass is 19.1. The number of hydrogen-bond acceptors (Lipinski definition) is 4. The van der Waals surface area contributed by atoms with Gasteiger partial charge < -0.3 is 20.1 Å². The third kappa shape index (κ3) is 4.44. The Morgan fingerprint density at radius 3 is 2.85 bits per heavy atom. The molecule has 5 heteroatoms. The summed E-state index contributed by atoms with van der Waals surface area (Å²) in [6.45, 7) is 1.29. The van der Waals surface area contributed by atoms with E-state index in [1.807, 2.05) is 6.07 Å². The number of anilines is 1. The fourth-order valence-corrected chi connectivity index (χ4v) is 2.18. The summed E-state index contributed by atoms with van der Waals surface area (Å²) in [6, 6.07) is 5.86. The lowest BCUT2D eigenvalue weighted by Gasteiger charge is -2.23. The van der Waals surface area contributed by atoms with E-state index in [0.717, 1.165) is 5.56 Å². The standard InChI is InChI=1S/C15H23FN2O2/c1-18(9-13(19)10-20-2)15-6-3-11(7-14(15)16)8-17-12-4-5-12/h3,6-7,12-13,17,19H,4-5,8-10H2,1-2H3. The summed E-state index contributed by atoms with van der Waals surface area (Å²) in [6.07, 6.45) is 1.82. The molecule has 112 valence electrons. The Morgan fingerprint density at radius 1 is 1.50 bits per heavy atom. The zero-order chi connectivity index (χ0) is 14.5. The Kier molecular flexibility index (Phi) is 5.34. The molecule has 1 fully saturated rings. The predicted molar refractivity (Wildman–Crippen MR) is 77.4 cm³/mol. The van der Waals surface area contributed by atoms with Crippen molar-refractivity contribution in [3.8, 4) is 0 Å². The summed E-state index contributed by atoms with van der Waals surface area (Å²) in [5.41, 5.74) is 1.44. The van der Waals surface area contributed by atoms with E-state index in [2.05, 4.69) is 5.32 Å². The number of nitrogens with zero attached hydrogens (tertiary/aromatic N) is 1. The molecule has 0 heterocycles. The normalized spacial score (nSPS) is 16.2. The van der Waals surface area contributed by atoms with Gasteiger partial charge in [-0.15, -0.1) is 0 Å². The van der Waals surface area contributed by atoms with Crippen LogP contribution in [0.2, 0.25) is 0 Å². The zero-order valence-electron chi connectivity index (χ0n) is 12.1. The fraction of sp³-hybridized carbons (Fsp3) is 0.600. The van der Waals surface area contributed by atoms with Gasteiger partial charge in [-0.25, -0.2) is 4.39 Å². The van der Waals surface area contributed by atoms with E-state index < -0.39 is 6.10 Å². The van der Waals surface area contributed by atoms with Gasteiger partial charge in [-0.2, -0.15) is 0 Å². The second kappa shape index (κ2) is 7.02. The van der Waals surface area contributed by atoms with Gasteiger partial charge in [0.05, 0.1) is 18.4 Å². The molecule has 0 aliphatic heterocycles. The van der Waals surface area contributed by atoms with Gasteiger partial charge >= 0.3 is 0 Å². The number of benzene rings is 1. The molecule has 20 heavy (non-hydrogen) atoms. The zero-order valence-corrected chi connectivity index (χ0v) is 12.1. The van der Waals surface area contributed by atoms with E-state index in [9.17, 15) is 9.50 Å². The van der Waals surface area contributed by atoms with Crippen molar-refractivity contribution < 1.29 is 14.2 Å². The molecule has 1 aromatic rings. The maximum Gasteiger partial charge on any atom is 0.146 e. The molecule has 2 N–H and O–H groups in total. The smallest absolute Gasteiger partial charge is 0.146 e. The van der Waals surface area contributed by atoms with Crippen LogP contribution in [0.15, 0.2) is 18.2 Å². The van der Waals surface area contributed by atoms with Crippen LogP contribution in [0, 0.1) is 5.82 Å². The Balaban J connectivity index is 1.93. The van der Waals surface area contributed by atoms with E-state index in [1.54, 1.807) is 24.1 Å². The number of rotatable bonds is 8. The molecule has 1 aliphatic carbocycles. The average molecular weight is 282 g/mol. The molecule has 1 unspecified atom stereocenters. The van der Waals surface area contributed by atoms with Crippen LogP contribution in [0.4, 0.5) is 10.1 Å². The first-order valence-corrected chi connectivity index (χ1v) is 7.00. The number of hydrogen-bond donors (Lipinski definition) is 2. The van der Waals surface area contributed by atoms with Crippen LogP contribution in [-0.4, -0.2) is 44.6 Å². The minimum Gasteiger partial charge on any atom is -0.389 e. The van der Waals surface area contributed by atoms with Crippen LogP contribution in [0.1, 0.15) is 18.4 Å². The molecule has 0 spiro atoms. The summed E-state index contributed by atoms with van der Waals surface area (Å²) in [4.78, 5) is 1.71. The average Bonchev–Trinajstić information content (AvgIpc) is 3.20. The summed E-state index contributed by atoms with van der Waals surface area (Å²) >= 11 is 0. The molecule has 4 nitrogen and oxygen atoms in total. The lowest BCUT2D eigenvalue weighted by molar-refractivity contribution is 0.0694. The monoisotopic (exact) mass is 282 g/mol. The minimum absolute atomic E-state index is 0.245. The molecular weight excluding hydrogens is 259 g/mol. The van der Waals surface area contributed by atoms with Crippen molar-refractivity contribution in [1.82, 2.24) is 5.32 Å². The van der Waals surface area contributed by atoms with Crippen molar-refractivity contribution in [2.75, 3.05) is 32.2 Å². The van der Waals surface area contributed by atoms with Gasteiger partial charge in [0.1, 0.15) is 5.82 Å². The van der Waals surface area contributed by atoms with Crippen molar-refractivity contribution in [3.05, 3.63) is 29.6 Å². The molecule has 0 aromatic heterocycles. The van der Waals surface area contributed by atoms with Crippen molar-refractivity contribution in [1.29, 1.82) is 0 Å². The first-order valence-electron chi connectivity index (χ1n) is 7.00. The fourth-order valence-electron chi connectivity index (χ4n) is 2.18. The number of nitrogens with one attached hydrogen (secondary N) is 1. The van der Waals surface area contributed by atoms with Gasteiger partial charge in [0, 0.05) is 33.3 Å². The molecular formula is C15H23FN2O2. The molecule has 1 aromatic carbocycles. The molecule has 0 amide bonds.